The van der Waals surface area contributed by atoms with Gasteiger partial charge in [-0.25, -0.2) is 9.48 Å². The van der Waals surface area contributed by atoms with Crippen LogP contribution in [0.1, 0.15) is 52.7 Å². The summed E-state index contributed by atoms with van der Waals surface area (Å²) in [6, 6.07) is 20.2. The molecule has 39 heavy (non-hydrogen) atoms. The number of nitrogens with zero attached hydrogens (tertiary/aromatic N) is 3. The fourth-order valence-corrected chi connectivity index (χ4v) is 4.15. The van der Waals surface area contributed by atoms with Gasteiger partial charge in [0.15, 0.2) is 11.5 Å². The molecule has 202 valence electrons. The van der Waals surface area contributed by atoms with Crippen LogP contribution in [0.4, 0.5) is 0 Å². The monoisotopic (exact) mass is 528 g/mol. The first-order valence-corrected chi connectivity index (χ1v) is 12.6. The molecule has 3 aromatic carbocycles. The molecular formula is C30H32N4O5. The van der Waals surface area contributed by atoms with Crippen molar-refractivity contribution >= 4 is 11.9 Å². The van der Waals surface area contributed by atoms with Gasteiger partial charge in [-0.1, -0.05) is 47.7 Å². The summed E-state index contributed by atoms with van der Waals surface area (Å²) < 4.78 is 17.8. The van der Waals surface area contributed by atoms with Crippen LogP contribution < -0.4 is 14.8 Å². The molecule has 0 aliphatic heterocycles. The van der Waals surface area contributed by atoms with Crippen molar-refractivity contribution in [3.63, 3.8) is 0 Å². The molecule has 9 heteroatoms. The highest BCUT2D eigenvalue weighted by Gasteiger charge is 2.29. The largest absolute Gasteiger partial charge is 0.493 e. The lowest BCUT2D eigenvalue weighted by molar-refractivity contribution is 0.0526. The molecule has 1 aromatic heterocycles. The van der Waals surface area contributed by atoms with Crippen LogP contribution in [0.25, 0.3) is 11.1 Å². The first kappa shape index (κ1) is 27.4. The van der Waals surface area contributed by atoms with Crippen molar-refractivity contribution in [2.75, 3.05) is 20.8 Å². The van der Waals surface area contributed by atoms with Crippen molar-refractivity contribution in [2.24, 2.45) is 0 Å². The minimum absolute atomic E-state index is 0.288. The number of rotatable bonds is 10. The number of aromatic nitrogens is 3. The van der Waals surface area contributed by atoms with Gasteiger partial charge in [0.2, 0.25) is 0 Å². The Kier molecular flexibility index (Phi) is 8.29. The van der Waals surface area contributed by atoms with Gasteiger partial charge in [-0.3, -0.25) is 4.79 Å². The van der Waals surface area contributed by atoms with Gasteiger partial charge in [0.1, 0.15) is 5.69 Å². The average molecular weight is 529 g/mol. The van der Waals surface area contributed by atoms with Gasteiger partial charge in [0, 0.05) is 0 Å². The molecule has 0 aliphatic rings. The van der Waals surface area contributed by atoms with Gasteiger partial charge in [0.25, 0.3) is 5.91 Å². The highest BCUT2D eigenvalue weighted by atomic mass is 16.5. The summed E-state index contributed by atoms with van der Waals surface area (Å²) in [5, 5.41) is 11.7. The summed E-state index contributed by atoms with van der Waals surface area (Å²) in [7, 11) is 3.05. The molecular weight excluding hydrogens is 496 g/mol. The van der Waals surface area contributed by atoms with E-state index in [4.69, 9.17) is 14.2 Å². The van der Waals surface area contributed by atoms with Crippen LogP contribution in [0.2, 0.25) is 0 Å². The van der Waals surface area contributed by atoms with Crippen molar-refractivity contribution in [1.29, 1.82) is 0 Å². The molecule has 4 aromatic rings. The Labute approximate surface area is 227 Å². The minimum atomic E-state index is -0.829. The second kappa shape index (κ2) is 11.8. The SMILES string of the molecule is CCOC(=O)c1ccc(-c2cc(OC)c(OC)cc2C(=O)NC(C)(C)c2cn(Cc3ccccc3)nn2)cc1. The number of hydrogen-bond acceptors (Lipinski definition) is 7. The number of ether oxygens (including phenoxy) is 3. The maximum Gasteiger partial charge on any atom is 0.338 e. The molecule has 1 N–H and O–H groups in total. The fourth-order valence-electron chi connectivity index (χ4n) is 4.15. The Morgan fingerprint density at radius 2 is 1.62 bits per heavy atom. The zero-order valence-electron chi connectivity index (χ0n) is 22.7. The number of hydrogen-bond donors (Lipinski definition) is 1. The Morgan fingerprint density at radius 1 is 0.949 bits per heavy atom. The lowest BCUT2D eigenvalue weighted by Crippen LogP contribution is -2.41. The number of esters is 1. The summed E-state index contributed by atoms with van der Waals surface area (Å²) in [6.45, 7) is 6.36. The minimum Gasteiger partial charge on any atom is -0.493 e. The van der Waals surface area contributed by atoms with E-state index < -0.39 is 11.5 Å². The molecule has 0 unspecified atom stereocenters. The van der Waals surface area contributed by atoms with E-state index in [1.54, 1.807) is 48.0 Å². The number of methoxy groups -OCH3 is 2. The number of amides is 1. The first-order chi connectivity index (χ1) is 18.7. The lowest BCUT2D eigenvalue weighted by atomic mass is 9.95. The van der Waals surface area contributed by atoms with E-state index in [2.05, 4.69) is 15.6 Å². The molecule has 0 radical (unpaired) electrons. The van der Waals surface area contributed by atoms with Crippen LogP contribution in [-0.2, 0) is 16.8 Å². The highest BCUT2D eigenvalue weighted by molar-refractivity contribution is 6.02. The van der Waals surface area contributed by atoms with Gasteiger partial charge >= 0.3 is 5.97 Å². The number of carbonyl (C=O) groups is 2. The molecule has 0 saturated carbocycles. The zero-order valence-corrected chi connectivity index (χ0v) is 22.7. The molecule has 4 rings (SSSR count). The lowest BCUT2D eigenvalue weighted by Gasteiger charge is -2.25. The van der Waals surface area contributed by atoms with Crippen LogP contribution in [-0.4, -0.2) is 47.7 Å². The third-order valence-corrected chi connectivity index (χ3v) is 6.27. The van der Waals surface area contributed by atoms with Crippen molar-refractivity contribution in [2.45, 2.75) is 32.9 Å². The maximum atomic E-state index is 13.7. The molecule has 0 atom stereocenters. The van der Waals surface area contributed by atoms with Crippen LogP contribution in [0.15, 0.2) is 72.9 Å². The number of carbonyl (C=O) groups excluding carboxylic acids is 2. The molecule has 1 amide bonds. The molecule has 1 heterocycles. The predicted molar refractivity (Wildman–Crippen MR) is 147 cm³/mol. The Bertz CT molecular complexity index is 1450. The molecule has 0 fully saturated rings. The van der Waals surface area contributed by atoms with Gasteiger partial charge < -0.3 is 19.5 Å². The molecule has 0 aliphatic carbocycles. The first-order valence-electron chi connectivity index (χ1n) is 12.6. The predicted octanol–water partition coefficient (Wildman–Crippen LogP) is 4.85. The summed E-state index contributed by atoms with van der Waals surface area (Å²) in [5.41, 5.74) is 3.02. The van der Waals surface area contributed by atoms with E-state index in [0.29, 0.717) is 40.4 Å². The molecule has 0 spiro atoms. The van der Waals surface area contributed by atoms with E-state index in [-0.39, 0.29) is 12.5 Å². The third-order valence-electron chi connectivity index (χ3n) is 6.27. The summed E-state index contributed by atoms with van der Waals surface area (Å²) in [5.74, 6) is 0.155. The quantitative estimate of drug-likeness (QED) is 0.293. The van der Waals surface area contributed by atoms with Crippen LogP contribution >= 0.6 is 0 Å². The van der Waals surface area contributed by atoms with Crippen LogP contribution in [0.3, 0.4) is 0 Å². The molecule has 0 saturated heterocycles. The van der Waals surface area contributed by atoms with E-state index in [0.717, 1.165) is 11.1 Å². The second-order valence-electron chi connectivity index (χ2n) is 9.42. The average Bonchev–Trinajstić information content (AvgIpc) is 3.42. The van der Waals surface area contributed by atoms with Crippen molar-refractivity contribution in [1.82, 2.24) is 20.3 Å². The molecule has 0 bridgehead atoms. The topological polar surface area (TPSA) is 105 Å². The Hall–Kier alpha value is -4.66. The second-order valence-corrected chi connectivity index (χ2v) is 9.42. The van der Waals surface area contributed by atoms with Crippen molar-refractivity contribution < 1.29 is 23.8 Å². The summed E-state index contributed by atoms with van der Waals surface area (Å²) >= 11 is 0. The van der Waals surface area contributed by atoms with E-state index in [9.17, 15) is 9.59 Å². The van der Waals surface area contributed by atoms with Crippen molar-refractivity contribution in [3.05, 3.63) is 95.3 Å². The zero-order chi connectivity index (χ0) is 28.0. The van der Waals surface area contributed by atoms with Gasteiger partial charge in [-0.05, 0) is 61.7 Å². The summed E-state index contributed by atoms with van der Waals surface area (Å²) in [4.78, 5) is 25.8. The smallest absolute Gasteiger partial charge is 0.338 e. The third kappa shape index (κ3) is 6.26. The van der Waals surface area contributed by atoms with Gasteiger partial charge in [0.05, 0.1) is 50.2 Å². The maximum absolute atomic E-state index is 13.7. The molecule has 9 nitrogen and oxygen atoms in total. The van der Waals surface area contributed by atoms with Crippen LogP contribution in [0, 0.1) is 0 Å². The number of benzene rings is 3. The van der Waals surface area contributed by atoms with Crippen LogP contribution in [0.5, 0.6) is 11.5 Å². The van der Waals surface area contributed by atoms with Gasteiger partial charge in [-0.2, -0.15) is 0 Å². The normalized spacial score (nSPS) is 11.1. The standard InChI is InChI=1S/C30H32N4O5/c1-6-39-29(36)22-14-12-21(13-15-22)23-16-25(37-4)26(38-5)17-24(23)28(35)31-30(2,3)27-19-34(33-32-27)18-20-10-8-7-9-11-20/h7-17,19H,6,18H2,1-5H3,(H,31,35). The van der Waals surface area contributed by atoms with Gasteiger partial charge in [-0.15, -0.1) is 5.10 Å². The van der Waals surface area contributed by atoms with E-state index >= 15 is 0 Å². The number of nitrogens with one attached hydrogen (secondary N) is 1. The Morgan fingerprint density at radius 3 is 2.26 bits per heavy atom. The highest BCUT2D eigenvalue weighted by Crippen LogP contribution is 2.36. The fraction of sp³-hybridized carbons (Fsp3) is 0.267. The van der Waals surface area contributed by atoms with E-state index in [1.165, 1.54) is 14.2 Å². The summed E-state index contributed by atoms with van der Waals surface area (Å²) in [6.07, 6.45) is 1.83. The Balaban J connectivity index is 1.63. The van der Waals surface area contributed by atoms with Crippen molar-refractivity contribution in [3.8, 4) is 22.6 Å². The van der Waals surface area contributed by atoms with E-state index in [1.807, 2.05) is 50.4 Å².